The molecule has 1 aromatic carbocycles. The average Bonchev–Trinajstić information content (AvgIpc) is 2.50. The summed E-state index contributed by atoms with van der Waals surface area (Å²) in [4.78, 5) is 4.94. The quantitative estimate of drug-likeness (QED) is 0.802. The molecule has 1 aliphatic rings. The van der Waals surface area contributed by atoms with E-state index >= 15 is 0 Å². The largest absolute Gasteiger partial charge is 0.380 e. The molecule has 0 spiro atoms. The Morgan fingerprint density at radius 1 is 1.27 bits per heavy atom. The van der Waals surface area contributed by atoms with Crippen LogP contribution in [-0.2, 0) is 11.3 Å². The van der Waals surface area contributed by atoms with E-state index < -0.39 is 0 Å². The van der Waals surface area contributed by atoms with Gasteiger partial charge >= 0.3 is 0 Å². The third kappa shape index (κ3) is 4.94. The van der Waals surface area contributed by atoms with Crippen molar-refractivity contribution in [3.63, 3.8) is 0 Å². The normalized spacial score (nSPS) is 18.1. The Hall–Kier alpha value is -1.16. The summed E-state index contributed by atoms with van der Waals surface area (Å²) in [5.41, 5.74) is 3.97. The highest BCUT2D eigenvalue weighted by molar-refractivity contribution is 5.56. The van der Waals surface area contributed by atoms with Crippen LogP contribution in [-0.4, -0.2) is 56.7 Å². The average molecular weight is 302 g/mol. The van der Waals surface area contributed by atoms with Gasteiger partial charge in [-0.1, -0.05) is 35.9 Å². The summed E-state index contributed by atoms with van der Waals surface area (Å²) in [7, 11) is 6.14. The van der Waals surface area contributed by atoms with Gasteiger partial charge in [-0.3, -0.25) is 4.90 Å². The summed E-state index contributed by atoms with van der Waals surface area (Å²) >= 11 is 0. The van der Waals surface area contributed by atoms with Crippen LogP contribution in [0.15, 0.2) is 29.8 Å². The molecule has 0 unspecified atom stereocenters. The minimum atomic E-state index is 0.675. The van der Waals surface area contributed by atoms with E-state index in [4.69, 9.17) is 4.74 Å². The van der Waals surface area contributed by atoms with Crippen molar-refractivity contribution in [2.45, 2.75) is 32.4 Å². The highest BCUT2D eigenvalue weighted by atomic mass is 16.5. The molecule has 0 saturated carbocycles. The van der Waals surface area contributed by atoms with E-state index in [1.807, 2.05) is 0 Å². The molecule has 0 amide bonds. The van der Waals surface area contributed by atoms with Gasteiger partial charge in [0.1, 0.15) is 0 Å². The van der Waals surface area contributed by atoms with Crippen molar-refractivity contribution in [1.82, 2.24) is 9.80 Å². The molecule has 122 valence electrons. The first-order chi connectivity index (χ1) is 10.6. The summed E-state index contributed by atoms with van der Waals surface area (Å²) in [6, 6.07) is 9.25. The fourth-order valence-corrected chi connectivity index (χ4v) is 3.22. The van der Waals surface area contributed by atoms with Crippen molar-refractivity contribution in [2.24, 2.45) is 0 Å². The Morgan fingerprint density at radius 2 is 1.95 bits per heavy atom. The van der Waals surface area contributed by atoms with Gasteiger partial charge in [-0.15, -0.1) is 0 Å². The van der Waals surface area contributed by atoms with Gasteiger partial charge in [-0.2, -0.15) is 0 Å². The van der Waals surface area contributed by atoms with E-state index in [1.165, 1.54) is 42.6 Å². The summed E-state index contributed by atoms with van der Waals surface area (Å²) in [6.07, 6.45) is 4.87. The zero-order valence-electron chi connectivity index (χ0n) is 14.5. The Bertz CT molecular complexity index is 488. The third-order valence-electron chi connectivity index (χ3n) is 4.52. The number of likely N-dealkylation sites (tertiary alicyclic amines) is 1. The zero-order chi connectivity index (χ0) is 15.9. The van der Waals surface area contributed by atoms with E-state index in [0.717, 1.165) is 12.6 Å². The Morgan fingerprint density at radius 3 is 2.59 bits per heavy atom. The number of hydrogen-bond donors (Lipinski definition) is 0. The molecular weight excluding hydrogens is 272 g/mol. The van der Waals surface area contributed by atoms with Crippen molar-refractivity contribution >= 4 is 6.08 Å². The number of piperidine rings is 1. The maximum atomic E-state index is 5.29. The topological polar surface area (TPSA) is 15.7 Å². The molecule has 1 fully saturated rings. The Labute approximate surface area is 135 Å². The number of hydrogen-bond acceptors (Lipinski definition) is 3. The van der Waals surface area contributed by atoms with Gasteiger partial charge in [-0.25, -0.2) is 0 Å². The van der Waals surface area contributed by atoms with Gasteiger partial charge < -0.3 is 9.64 Å². The molecule has 1 saturated heterocycles. The predicted molar refractivity (Wildman–Crippen MR) is 94.0 cm³/mol. The molecule has 0 aromatic heterocycles. The fraction of sp³-hybridized carbons (Fsp3) is 0.579. The Kier molecular flexibility index (Phi) is 6.62. The lowest BCUT2D eigenvalue weighted by Gasteiger charge is -2.35. The van der Waals surface area contributed by atoms with Crippen molar-refractivity contribution < 1.29 is 4.74 Å². The number of benzene rings is 1. The summed E-state index contributed by atoms with van der Waals surface area (Å²) in [5.74, 6) is 0. The van der Waals surface area contributed by atoms with Gasteiger partial charge in [-0.05, 0) is 58.1 Å². The van der Waals surface area contributed by atoms with Crippen molar-refractivity contribution in [2.75, 3.05) is 40.8 Å². The van der Waals surface area contributed by atoms with Gasteiger partial charge in [0.15, 0.2) is 0 Å². The molecule has 0 N–H and O–H groups in total. The Balaban J connectivity index is 1.94. The van der Waals surface area contributed by atoms with Crippen LogP contribution in [0.3, 0.4) is 0 Å². The SMILES string of the molecule is COCc1ccccc1/C=C(\C)CN1CCC(N(C)C)CC1. The molecule has 0 radical (unpaired) electrons. The van der Waals surface area contributed by atoms with Gasteiger partial charge in [0.05, 0.1) is 6.61 Å². The second-order valence-electron chi connectivity index (χ2n) is 6.59. The second-order valence-corrected chi connectivity index (χ2v) is 6.59. The molecule has 0 atom stereocenters. The highest BCUT2D eigenvalue weighted by Gasteiger charge is 2.20. The summed E-state index contributed by atoms with van der Waals surface area (Å²) < 4.78 is 5.29. The molecular formula is C19H30N2O. The van der Waals surface area contributed by atoms with Crippen LogP contribution >= 0.6 is 0 Å². The molecule has 1 heterocycles. The molecule has 2 rings (SSSR count). The first kappa shape index (κ1) is 17.2. The van der Waals surface area contributed by atoms with Gasteiger partial charge in [0, 0.05) is 19.7 Å². The van der Waals surface area contributed by atoms with Gasteiger partial charge in [0.25, 0.3) is 0 Å². The van der Waals surface area contributed by atoms with Crippen molar-refractivity contribution in [3.05, 3.63) is 41.0 Å². The van der Waals surface area contributed by atoms with E-state index in [0.29, 0.717) is 6.61 Å². The van der Waals surface area contributed by atoms with Crippen LogP contribution in [0.4, 0.5) is 0 Å². The standard InChI is InChI=1S/C19H30N2O/c1-16(13-17-7-5-6-8-18(17)15-22-4)14-21-11-9-19(10-12-21)20(2)3/h5-8,13,19H,9-12,14-15H2,1-4H3/b16-13+. The molecule has 3 heteroatoms. The minimum Gasteiger partial charge on any atom is -0.380 e. The van der Waals surface area contributed by atoms with E-state index in [9.17, 15) is 0 Å². The summed E-state index contributed by atoms with van der Waals surface area (Å²) in [5, 5.41) is 0. The van der Waals surface area contributed by atoms with Crippen LogP contribution in [0.1, 0.15) is 30.9 Å². The molecule has 1 aromatic rings. The van der Waals surface area contributed by atoms with Crippen LogP contribution in [0.5, 0.6) is 0 Å². The number of rotatable bonds is 6. The lowest BCUT2D eigenvalue weighted by Crippen LogP contribution is -2.42. The zero-order valence-corrected chi connectivity index (χ0v) is 14.5. The maximum absolute atomic E-state index is 5.29. The van der Waals surface area contributed by atoms with E-state index in [2.05, 4.69) is 61.2 Å². The molecule has 0 bridgehead atoms. The first-order valence-corrected chi connectivity index (χ1v) is 8.23. The lowest BCUT2D eigenvalue weighted by molar-refractivity contribution is 0.153. The predicted octanol–water partition coefficient (Wildman–Crippen LogP) is 3.26. The smallest absolute Gasteiger partial charge is 0.0718 e. The van der Waals surface area contributed by atoms with Crippen LogP contribution < -0.4 is 0 Å². The van der Waals surface area contributed by atoms with E-state index in [-0.39, 0.29) is 0 Å². The maximum Gasteiger partial charge on any atom is 0.0718 e. The molecule has 3 nitrogen and oxygen atoms in total. The number of ether oxygens (including phenoxy) is 1. The van der Waals surface area contributed by atoms with Crippen molar-refractivity contribution in [1.29, 1.82) is 0 Å². The lowest BCUT2D eigenvalue weighted by atomic mass is 10.0. The molecule has 0 aliphatic carbocycles. The number of nitrogens with zero attached hydrogens (tertiary/aromatic N) is 2. The summed E-state index contributed by atoms with van der Waals surface area (Å²) in [6.45, 7) is 6.39. The minimum absolute atomic E-state index is 0.675. The van der Waals surface area contributed by atoms with Gasteiger partial charge in [0.2, 0.25) is 0 Å². The van der Waals surface area contributed by atoms with Crippen LogP contribution in [0.25, 0.3) is 6.08 Å². The van der Waals surface area contributed by atoms with Crippen LogP contribution in [0, 0.1) is 0 Å². The van der Waals surface area contributed by atoms with Crippen molar-refractivity contribution in [3.8, 4) is 0 Å². The highest BCUT2D eigenvalue weighted by Crippen LogP contribution is 2.18. The molecule has 1 aliphatic heterocycles. The monoisotopic (exact) mass is 302 g/mol. The second kappa shape index (κ2) is 8.47. The fourth-order valence-electron chi connectivity index (χ4n) is 3.22. The third-order valence-corrected chi connectivity index (χ3v) is 4.52. The number of methoxy groups -OCH3 is 1. The van der Waals surface area contributed by atoms with Crippen LogP contribution in [0.2, 0.25) is 0 Å². The first-order valence-electron chi connectivity index (χ1n) is 8.23. The molecule has 22 heavy (non-hydrogen) atoms. The van der Waals surface area contributed by atoms with E-state index in [1.54, 1.807) is 7.11 Å².